The minimum Gasteiger partial charge on any atom is -0.507 e. The summed E-state index contributed by atoms with van der Waals surface area (Å²) < 4.78 is 22.1. The predicted molar refractivity (Wildman–Crippen MR) is 144 cm³/mol. The van der Waals surface area contributed by atoms with Crippen molar-refractivity contribution < 1.29 is 53.8 Å². The second-order valence-corrected chi connectivity index (χ2v) is 10.4. The maximum atomic E-state index is 13.7. The van der Waals surface area contributed by atoms with Gasteiger partial charge in [0.25, 0.3) is 0 Å². The third-order valence-corrected chi connectivity index (χ3v) is 7.94. The van der Waals surface area contributed by atoms with Crippen LogP contribution in [0.5, 0.6) is 17.2 Å². The lowest BCUT2D eigenvalue weighted by molar-refractivity contribution is -0.247. The molecule has 2 aliphatic carbocycles. The van der Waals surface area contributed by atoms with Crippen LogP contribution >= 0.6 is 12.4 Å². The van der Waals surface area contributed by atoms with Crippen LogP contribution in [0.15, 0.2) is 18.2 Å². The van der Waals surface area contributed by atoms with Gasteiger partial charge in [-0.2, -0.15) is 0 Å². The Labute approximate surface area is 241 Å². The fraction of sp³-hybridized carbons (Fsp3) is 0.464. The van der Waals surface area contributed by atoms with E-state index in [9.17, 15) is 34.8 Å². The smallest absolute Gasteiger partial charge is 0.202 e. The van der Waals surface area contributed by atoms with E-state index >= 15 is 0 Å². The van der Waals surface area contributed by atoms with Gasteiger partial charge in [0.1, 0.15) is 29.5 Å². The molecular formula is C28H32ClNO11. The Hall–Kier alpha value is -3.10. The molecule has 0 saturated carbocycles. The second-order valence-electron chi connectivity index (χ2n) is 10.4. The van der Waals surface area contributed by atoms with Gasteiger partial charge in [0.2, 0.25) is 5.78 Å². The minimum absolute atomic E-state index is 0. The normalized spacial score (nSPS) is 28.7. The van der Waals surface area contributed by atoms with Crippen molar-refractivity contribution in [2.75, 3.05) is 20.8 Å². The van der Waals surface area contributed by atoms with Gasteiger partial charge in [0, 0.05) is 49.1 Å². The number of carbonyl (C=O) groups is 3. The molecule has 12 nitrogen and oxygen atoms in total. The molecule has 2 aromatic rings. The molecule has 6 atom stereocenters. The maximum Gasteiger partial charge on any atom is 0.202 e. The molecule has 5 rings (SSSR count). The second kappa shape index (κ2) is 11.3. The highest BCUT2D eigenvalue weighted by molar-refractivity contribution is 6.31. The first-order chi connectivity index (χ1) is 18.9. The van der Waals surface area contributed by atoms with Gasteiger partial charge in [0.05, 0.1) is 42.1 Å². The number of aliphatic hydroxyl groups is 2. The van der Waals surface area contributed by atoms with E-state index in [-0.39, 0.29) is 53.3 Å². The summed E-state index contributed by atoms with van der Waals surface area (Å²) in [7, 11) is 2.62. The number of hydrogen-bond donors (Lipinski definition) is 5. The first-order valence-electron chi connectivity index (χ1n) is 12.8. The molecular weight excluding hydrogens is 562 g/mol. The van der Waals surface area contributed by atoms with Gasteiger partial charge in [-0.25, -0.2) is 0 Å². The van der Waals surface area contributed by atoms with E-state index in [0.29, 0.717) is 0 Å². The zero-order chi connectivity index (χ0) is 29.1. The lowest BCUT2D eigenvalue weighted by atomic mass is 9.72. The van der Waals surface area contributed by atoms with Gasteiger partial charge in [0.15, 0.2) is 17.9 Å². The molecule has 1 saturated heterocycles. The summed E-state index contributed by atoms with van der Waals surface area (Å²) in [5, 5.41) is 44.6. The van der Waals surface area contributed by atoms with Gasteiger partial charge >= 0.3 is 0 Å². The third-order valence-electron chi connectivity index (χ3n) is 7.94. The van der Waals surface area contributed by atoms with Crippen LogP contribution < -0.4 is 10.5 Å². The Kier molecular flexibility index (Phi) is 8.50. The summed E-state index contributed by atoms with van der Waals surface area (Å²) in [6.45, 7) is 1.15. The molecule has 0 aromatic heterocycles. The highest BCUT2D eigenvalue weighted by Crippen LogP contribution is 2.52. The van der Waals surface area contributed by atoms with Crippen molar-refractivity contribution in [2.24, 2.45) is 5.73 Å². The number of carbonyl (C=O) groups excluding carboxylic acids is 3. The topological polar surface area (TPSA) is 195 Å². The number of phenols is 2. The highest BCUT2D eigenvalue weighted by Gasteiger charge is 2.50. The largest absolute Gasteiger partial charge is 0.507 e. The Morgan fingerprint density at radius 2 is 1.80 bits per heavy atom. The summed E-state index contributed by atoms with van der Waals surface area (Å²) in [4.78, 5) is 40.2. The van der Waals surface area contributed by atoms with Crippen molar-refractivity contribution in [3.63, 3.8) is 0 Å². The van der Waals surface area contributed by atoms with E-state index < -0.39 is 89.2 Å². The summed E-state index contributed by atoms with van der Waals surface area (Å²) in [6, 6.07) is 3.71. The van der Waals surface area contributed by atoms with Crippen LogP contribution in [0.3, 0.4) is 0 Å². The lowest BCUT2D eigenvalue weighted by Gasteiger charge is -2.42. The first-order valence-corrected chi connectivity index (χ1v) is 12.8. The number of benzene rings is 2. The SMILES string of the molecule is COCC(=O)[C@]1(O)Cc2c(O)c3c(c(O)c2[C@@H](OC2CC(N)C(O)C(C)O2)C1)C(=O)c1c(OC)cccc1C3=O.Cl. The zero-order valence-electron chi connectivity index (χ0n) is 22.6. The Bertz CT molecular complexity index is 1400. The zero-order valence-corrected chi connectivity index (χ0v) is 23.4. The fourth-order valence-corrected chi connectivity index (χ4v) is 5.87. The number of halogens is 1. The number of rotatable bonds is 6. The van der Waals surface area contributed by atoms with Crippen LogP contribution in [0.2, 0.25) is 0 Å². The number of methoxy groups -OCH3 is 2. The van der Waals surface area contributed by atoms with Gasteiger partial charge in [-0.05, 0) is 13.0 Å². The summed E-state index contributed by atoms with van der Waals surface area (Å²) in [5.74, 6) is -3.37. The van der Waals surface area contributed by atoms with Crippen molar-refractivity contribution in [3.05, 3.63) is 51.6 Å². The molecule has 3 aliphatic rings. The average molecular weight is 594 g/mol. The van der Waals surface area contributed by atoms with Gasteiger partial charge in [-0.3, -0.25) is 14.4 Å². The van der Waals surface area contributed by atoms with E-state index in [1.54, 1.807) is 6.92 Å². The van der Waals surface area contributed by atoms with Gasteiger partial charge < -0.3 is 45.1 Å². The van der Waals surface area contributed by atoms with Crippen LogP contribution in [-0.4, -0.2) is 88.7 Å². The van der Waals surface area contributed by atoms with E-state index in [1.165, 1.54) is 32.4 Å². The van der Waals surface area contributed by atoms with Crippen LogP contribution in [0.25, 0.3) is 0 Å². The first kappa shape index (κ1) is 30.8. The molecule has 2 aromatic carbocycles. The summed E-state index contributed by atoms with van der Waals surface area (Å²) in [6.07, 6.45) is -4.80. The van der Waals surface area contributed by atoms with Crippen molar-refractivity contribution >= 4 is 29.8 Å². The Morgan fingerprint density at radius 1 is 1.12 bits per heavy atom. The van der Waals surface area contributed by atoms with Crippen molar-refractivity contribution in [1.82, 2.24) is 0 Å². The quantitative estimate of drug-likeness (QED) is 0.255. The summed E-state index contributed by atoms with van der Waals surface area (Å²) >= 11 is 0. The lowest BCUT2D eigenvalue weighted by Crippen LogP contribution is -2.53. The third kappa shape index (κ3) is 4.89. The molecule has 13 heteroatoms. The predicted octanol–water partition coefficient (Wildman–Crippen LogP) is 1.08. The van der Waals surface area contributed by atoms with Crippen LogP contribution in [0, 0.1) is 0 Å². The van der Waals surface area contributed by atoms with Crippen molar-refractivity contribution in [3.8, 4) is 17.2 Å². The van der Waals surface area contributed by atoms with Gasteiger partial charge in [-0.15, -0.1) is 12.4 Å². The van der Waals surface area contributed by atoms with Crippen LogP contribution in [-0.2, 0) is 25.4 Å². The number of phenolic OH excluding ortho intramolecular Hbond substituents is 2. The number of aliphatic hydroxyl groups excluding tert-OH is 1. The fourth-order valence-electron chi connectivity index (χ4n) is 5.87. The number of ketones is 3. The molecule has 1 heterocycles. The highest BCUT2D eigenvalue weighted by atomic mass is 35.5. The molecule has 222 valence electrons. The van der Waals surface area contributed by atoms with E-state index in [0.717, 1.165) is 0 Å². The maximum absolute atomic E-state index is 13.7. The number of hydrogen-bond acceptors (Lipinski definition) is 12. The Morgan fingerprint density at radius 3 is 2.44 bits per heavy atom. The van der Waals surface area contributed by atoms with Crippen molar-refractivity contribution in [1.29, 1.82) is 0 Å². The van der Waals surface area contributed by atoms with E-state index in [4.69, 9.17) is 24.7 Å². The van der Waals surface area contributed by atoms with Crippen LogP contribution in [0.4, 0.5) is 0 Å². The molecule has 4 unspecified atom stereocenters. The Balaban J connectivity index is 0.00000387. The van der Waals surface area contributed by atoms with Gasteiger partial charge in [-0.1, -0.05) is 12.1 Å². The molecule has 1 fully saturated rings. The molecule has 0 spiro atoms. The molecule has 41 heavy (non-hydrogen) atoms. The molecule has 1 aliphatic heterocycles. The minimum atomic E-state index is -2.11. The number of aromatic hydroxyl groups is 2. The van der Waals surface area contributed by atoms with Crippen molar-refractivity contribution in [2.45, 2.75) is 62.4 Å². The molecule has 0 bridgehead atoms. The monoisotopic (exact) mass is 593 g/mol. The van der Waals surface area contributed by atoms with Crippen LogP contribution in [0.1, 0.15) is 68.8 Å². The molecule has 0 radical (unpaired) electrons. The number of Topliss-reactive ketones (excluding diaryl/α,β-unsaturated/α-hetero) is 1. The number of ether oxygens (including phenoxy) is 4. The molecule has 6 N–H and O–H groups in total. The molecule has 0 amide bonds. The summed E-state index contributed by atoms with van der Waals surface area (Å²) in [5.41, 5.74) is 2.75. The van der Waals surface area contributed by atoms with E-state index in [2.05, 4.69) is 0 Å². The van der Waals surface area contributed by atoms with E-state index in [1.807, 2.05) is 0 Å². The number of fused-ring (bicyclic) bond motifs is 3. The average Bonchev–Trinajstić information content (AvgIpc) is 2.91. The standard InChI is InChI=1S/C28H31NO11.ClH/c1-11-23(31)14(29)7-18(39-11)40-16-9-28(36,17(30)10-37-2)8-13-20(16)27(35)22-21(25(13)33)24(32)12-5-4-6-15(38-3)19(12)26(22)34;/h4-6,11,14,16,18,23,31,33,35-36H,7-10,29H2,1-3H3;1H/t11?,14?,16-,18?,23?,28-;/m0./s1. The number of nitrogens with two attached hydrogens (primary N) is 1.